The number of Topliss-reactive ketones (excluding diaryl/α,β-unsaturated/α-hetero) is 1. The van der Waals surface area contributed by atoms with E-state index < -0.39 is 11.4 Å². The molecule has 1 unspecified atom stereocenters. The third kappa shape index (κ3) is 3.82. The van der Waals surface area contributed by atoms with Crippen LogP contribution in [0.3, 0.4) is 0 Å². The van der Waals surface area contributed by atoms with Crippen molar-refractivity contribution in [1.82, 2.24) is 4.90 Å². The average Bonchev–Trinajstić information content (AvgIpc) is 2.48. The predicted octanol–water partition coefficient (Wildman–Crippen LogP) is 3.46. The molecule has 1 aromatic carbocycles. The molecule has 0 fully saturated rings. The van der Waals surface area contributed by atoms with E-state index in [1.807, 2.05) is 13.8 Å². The van der Waals surface area contributed by atoms with Gasteiger partial charge in [-0.3, -0.25) is 9.69 Å². The zero-order valence-electron chi connectivity index (χ0n) is 13.7. The SMILES string of the molecule is CCN(CC)C(C)(CC)C(=O)Cc1ccc(OC)c(F)c1. The highest BCUT2D eigenvalue weighted by molar-refractivity contribution is 5.89. The van der Waals surface area contributed by atoms with Gasteiger partial charge in [0.05, 0.1) is 12.6 Å². The van der Waals surface area contributed by atoms with E-state index in [1.54, 1.807) is 12.1 Å². The third-order valence-electron chi connectivity index (χ3n) is 4.33. The van der Waals surface area contributed by atoms with Crippen LogP contribution in [-0.2, 0) is 11.2 Å². The van der Waals surface area contributed by atoms with Gasteiger partial charge in [0.2, 0.25) is 0 Å². The molecule has 3 nitrogen and oxygen atoms in total. The van der Waals surface area contributed by atoms with Crippen molar-refractivity contribution in [2.45, 2.75) is 46.1 Å². The molecule has 4 heteroatoms. The lowest BCUT2D eigenvalue weighted by Gasteiger charge is -2.38. The van der Waals surface area contributed by atoms with E-state index in [-0.39, 0.29) is 18.0 Å². The lowest BCUT2D eigenvalue weighted by molar-refractivity contribution is -0.129. The van der Waals surface area contributed by atoms with Crippen molar-refractivity contribution in [3.8, 4) is 5.75 Å². The molecule has 0 N–H and O–H groups in total. The molecule has 0 aliphatic heterocycles. The standard InChI is InChI=1S/C17H26FNO2/c1-6-17(4,19(7-2)8-3)16(20)12-13-9-10-15(21-5)14(18)11-13/h9-11H,6-8,12H2,1-5H3. The fourth-order valence-electron chi connectivity index (χ4n) is 2.71. The van der Waals surface area contributed by atoms with Crippen molar-refractivity contribution in [2.75, 3.05) is 20.2 Å². The van der Waals surface area contributed by atoms with Gasteiger partial charge in [-0.25, -0.2) is 4.39 Å². The van der Waals surface area contributed by atoms with Crippen LogP contribution in [0, 0.1) is 5.82 Å². The summed E-state index contributed by atoms with van der Waals surface area (Å²) in [6.07, 6.45) is 0.980. The van der Waals surface area contributed by atoms with Gasteiger partial charge in [0, 0.05) is 6.42 Å². The highest BCUT2D eigenvalue weighted by Crippen LogP contribution is 2.24. The molecule has 0 amide bonds. The summed E-state index contributed by atoms with van der Waals surface area (Å²) in [6.45, 7) is 9.75. The van der Waals surface area contributed by atoms with E-state index >= 15 is 0 Å². The van der Waals surface area contributed by atoms with Crippen LogP contribution in [0.2, 0.25) is 0 Å². The van der Waals surface area contributed by atoms with Crippen molar-refractivity contribution in [2.24, 2.45) is 0 Å². The van der Waals surface area contributed by atoms with Crippen LogP contribution in [0.25, 0.3) is 0 Å². The smallest absolute Gasteiger partial charge is 0.165 e. The van der Waals surface area contributed by atoms with Gasteiger partial charge < -0.3 is 4.74 Å². The van der Waals surface area contributed by atoms with Gasteiger partial charge in [0.15, 0.2) is 17.3 Å². The fourth-order valence-corrected chi connectivity index (χ4v) is 2.71. The van der Waals surface area contributed by atoms with Gasteiger partial charge in [-0.1, -0.05) is 26.8 Å². The molecule has 0 aliphatic rings. The Balaban J connectivity index is 2.95. The lowest BCUT2D eigenvalue weighted by Crippen LogP contribution is -2.52. The van der Waals surface area contributed by atoms with Crippen LogP contribution in [0.4, 0.5) is 4.39 Å². The molecular weight excluding hydrogens is 269 g/mol. The first-order chi connectivity index (χ1) is 9.92. The van der Waals surface area contributed by atoms with Gasteiger partial charge in [-0.2, -0.15) is 0 Å². The number of hydrogen-bond acceptors (Lipinski definition) is 3. The molecule has 0 bridgehead atoms. The number of likely N-dealkylation sites (N-methyl/N-ethyl adjacent to an activating group) is 1. The van der Waals surface area contributed by atoms with E-state index in [0.29, 0.717) is 5.56 Å². The molecule has 1 atom stereocenters. The Morgan fingerprint density at radius 3 is 2.33 bits per heavy atom. The molecule has 21 heavy (non-hydrogen) atoms. The molecule has 1 rings (SSSR count). The molecule has 0 spiro atoms. The Morgan fingerprint density at radius 1 is 1.29 bits per heavy atom. The van der Waals surface area contributed by atoms with Crippen molar-refractivity contribution < 1.29 is 13.9 Å². The number of methoxy groups -OCH3 is 1. The number of carbonyl (C=O) groups excluding carboxylic acids is 1. The Labute approximate surface area is 127 Å². The lowest BCUT2D eigenvalue weighted by atomic mass is 9.87. The zero-order chi connectivity index (χ0) is 16.0. The van der Waals surface area contributed by atoms with E-state index in [2.05, 4.69) is 18.7 Å². The van der Waals surface area contributed by atoms with Crippen molar-refractivity contribution in [1.29, 1.82) is 0 Å². The number of ketones is 1. The Morgan fingerprint density at radius 2 is 1.90 bits per heavy atom. The number of carbonyl (C=O) groups is 1. The van der Waals surface area contributed by atoms with Crippen LogP contribution in [0.5, 0.6) is 5.75 Å². The molecular formula is C17H26FNO2. The van der Waals surface area contributed by atoms with Gasteiger partial charge in [0.1, 0.15) is 0 Å². The number of halogens is 1. The summed E-state index contributed by atoms with van der Waals surface area (Å²) >= 11 is 0. The van der Waals surface area contributed by atoms with Crippen LogP contribution in [0.1, 0.15) is 39.7 Å². The largest absolute Gasteiger partial charge is 0.494 e. The summed E-state index contributed by atoms with van der Waals surface area (Å²) in [6, 6.07) is 4.70. The van der Waals surface area contributed by atoms with Crippen LogP contribution < -0.4 is 4.74 Å². The summed E-state index contributed by atoms with van der Waals surface area (Å²) in [5.41, 5.74) is 0.185. The monoisotopic (exact) mass is 295 g/mol. The van der Waals surface area contributed by atoms with E-state index in [0.717, 1.165) is 19.5 Å². The van der Waals surface area contributed by atoms with E-state index in [1.165, 1.54) is 13.2 Å². The van der Waals surface area contributed by atoms with E-state index in [4.69, 9.17) is 4.74 Å². The maximum absolute atomic E-state index is 13.7. The topological polar surface area (TPSA) is 29.5 Å². The fraction of sp³-hybridized carbons (Fsp3) is 0.588. The number of benzene rings is 1. The highest BCUT2D eigenvalue weighted by Gasteiger charge is 2.35. The molecule has 0 aliphatic carbocycles. The highest BCUT2D eigenvalue weighted by atomic mass is 19.1. The Hall–Kier alpha value is -1.42. The van der Waals surface area contributed by atoms with Crippen LogP contribution >= 0.6 is 0 Å². The summed E-state index contributed by atoms with van der Waals surface area (Å²) < 4.78 is 18.6. The van der Waals surface area contributed by atoms with Gasteiger partial charge in [-0.05, 0) is 44.1 Å². The minimum Gasteiger partial charge on any atom is -0.494 e. The summed E-state index contributed by atoms with van der Waals surface area (Å²) in [4.78, 5) is 14.9. The third-order valence-corrected chi connectivity index (χ3v) is 4.33. The first kappa shape index (κ1) is 17.6. The summed E-state index contributed by atoms with van der Waals surface area (Å²) in [7, 11) is 1.43. The second-order valence-electron chi connectivity index (χ2n) is 5.37. The molecule has 0 heterocycles. The normalized spacial score (nSPS) is 14.0. The maximum Gasteiger partial charge on any atom is 0.165 e. The predicted molar refractivity (Wildman–Crippen MR) is 83.3 cm³/mol. The first-order valence-corrected chi connectivity index (χ1v) is 7.53. The second-order valence-corrected chi connectivity index (χ2v) is 5.37. The summed E-state index contributed by atoms with van der Waals surface area (Å²) in [5.74, 6) is -0.102. The molecule has 0 radical (unpaired) electrons. The van der Waals surface area contributed by atoms with Crippen molar-refractivity contribution in [3.63, 3.8) is 0 Å². The van der Waals surface area contributed by atoms with Crippen molar-refractivity contribution >= 4 is 5.78 Å². The minimum absolute atomic E-state index is 0.123. The molecule has 118 valence electrons. The first-order valence-electron chi connectivity index (χ1n) is 7.53. The number of ether oxygens (including phenoxy) is 1. The molecule has 0 aromatic heterocycles. The molecule has 0 saturated heterocycles. The number of rotatable bonds is 8. The molecule has 0 saturated carbocycles. The second kappa shape index (κ2) is 7.55. The Kier molecular flexibility index (Phi) is 6.34. The average molecular weight is 295 g/mol. The minimum atomic E-state index is -0.500. The number of hydrogen-bond donors (Lipinski definition) is 0. The summed E-state index contributed by atoms with van der Waals surface area (Å²) in [5, 5.41) is 0. The van der Waals surface area contributed by atoms with Crippen LogP contribution in [0.15, 0.2) is 18.2 Å². The van der Waals surface area contributed by atoms with Crippen LogP contribution in [-0.4, -0.2) is 36.4 Å². The molecule has 1 aromatic rings. The quantitative estimate of drug-likeness (QED) is 0.735. The van der Waals surface area contributed by atoms with Gasteiger partial charge >= 0.3 is 0 Å². The maximum atomic E-state index is 13.7. The zero-order valence-corrected chi connectivity index (χ0v) is 13.7. The van der Waals surface area contributed by atoms with Gasteiger partial charge in [0.25, 0.3) is 0 Å². The van der Waals surface area contributed by atoms with Gasteiger partial charge in [-0.15, -0.1) is 0 Å². The van der Waals surface area contributed by atoms with Crippen molar-refractivity contribution in [3.05, 3.63) is 29.6 Å². The number of nitrogens with zero attached hydrogens (tertiary/aromatic N) is 1. The van der Waals surface area contributed by atoms with E-state index in [9.17, 15) is 9.18 Å². The Bertz CT molecular complexity index is 486.